The summed E-state index contributed by atoms with van der Waals surface area (Å²) in [6.45, 7) is 0. The Morgan fingerprint density at radius 2 is 1.92 bits per heavy atom. The number of hydrogen-bond acceptors (Lipinski definition) is 4. The summed E-state index contributed by atoms with van der Waals surface area (Å²) in [5.74, 6) is 0. The molecule has 1 saturated carbocycles. The van der Waals surface area contributed by atoms with Gasteiger partial charge < -0.3 is 0 Å². The Labute approximate surface area is 81.0 Å². The molecule has 0 aromatic rings. The normalized spacial score (nSPS) is 24.2. The van der Waals surface area contributed by atoms with Gasteiger partial charge in [0.25, 0.3) is 0 Å². The highest BCUT2D eigenvalue weighted by atomic mass is 35.5. The largest absolute Gasteiger partial charge is 0.522 e. The first kappa shape index (κ1) is 11.4. The summed E-state index contributed by atoms with van der Waals surface area (Å²) >= 11 is 4.77. The topological polar surface area (TPSA) is 44.8 Å². The van der Waals surface area contributed by atoms with Gasteiger partial charge in [0.1, 0.15) is 0 Å². The average molecular weight is 233 g/mol. The lowest BCUT2D eigenvalue weighted by molar-refractivity contribution is -0.0552. The number of halogens is 2. The van der Waals surface area contributed by atoms with Crippen molar-refractivity contribution in [2.75, 3.05) is 0 Å². The van der Waals surface area contributed by atoms with Crippen LogP contribution in [0.2, 0.25) is 0 Å². The van der Waals surface area contributed by atoms with Gasteiger partial charge in [-0.2, -0.15) is 4.08 Å². The first-order valence-corrected chi connectivity index (χ1v) is 5.86. The number of phosphoric acid groups is 1. The lowest BCUT2D eigenvalue weighted by Crippen LogP contribution is -2.15. The SMILES string of the molecule is O=P(OF)(OCl)OC1CCCCC1. The molecule has 0 bridgehead atoms. The fraction of sp³-hybridized carbons (Fsp3) is 1.00. The standard InChI is InChI=1S/C6H11ClFO4P/c7-11-13(9,12-8)10-6-4-2-1-3-5-6/h6H,1-5H2. The predicted octanol–water partition coefficient (Wildman–Crippen LogP) is 3.52. The van der Waals surface area contributed by atoms with Crippen LogP contribution in [-0.2, 0) is 17.9 Å². The van der Waals surface area contributed by atoms with Crippen molar-refractivity contribution in [2.45, 2.75) is 38.2 Å². The minimum absolute atomic E-state index is 0.283. The fourth-order valence-electron chi connectivity index (χ4n) is 1.40. The Kier molecular flexibility index (Phi) is 4.62. The molecule has 0 spiro atoms. The third kappa shape index (κ3) is 3.52. The van der Waals surface area contributed by atoms with Gasteiger partial charge >= 0.3 is 7.82 Å². The van der Waals surface area contributed by atoms with Gasteiger partial charge in [-0.1, -0.05) is 24.0 Å². The van der Waals surface area contributed by atoms with E-state index >= 15 is 0 Å². The van der Waals surface area contributed by atoms with Crippen LogP contribution in [0.25, 0.3) is 0 Å². The first-order chi connectivity index (χ1) is 6.20. The highest BCUT2D eigenvalue weighted by Crippen LogP contribution is 2.53. The van der Waals surface area contributed by atoms with Gasteiger partial charge in [-0.05, 0) is 17.4 Å². The second kappa shape index (κ2) is 5.27. The maximum atomic E-state index is 11.7. The summed E-state index contributed by atoms with van der Waals surface area (Å²) in [5, 5.41) is 0. The molecule has 7 heteroatoms. The van der Waals surface area contributed by atoms with Gasteiger partial charge in [0.05, 0.1) is 18.0 Å². The summed E-state index contributed by atoms with van der Waals surface area (Å²) in [5.41, 5.74) is 0. The Bertz CT molecular complexity index is 189. The van der Waals surface area contributed by atoms with Crippen LogP contribution < -0.4 is 0 Å². The van der Waals surface area contributed by atoms with Crippen LogP contribution in [0.3, 0.4) is 0 Å². The molecule has 1 aliphatic rings. The summed E-state index contributed by atoms with van der Waals surface area (Å²) in [6, 6.07) is 0. The Morgan fingerprint density at radius 3 is 2.38 bits per heavy atom. The third-order valence-corrected chi connectivity index (χ3v) is 3.40. The van der Waals surface area contributed by atoms with E-state index in [9.17, 15) is 9.09 Å². The molecule has 1 aliphatic carbocycles. The molecule has 0 saturated heterocycles. The van der Waals surface area contributed by atoms with Crippen molar-refractivity contribution < 1.29 is 22.4 Å². The number of rotatable bonds is 4. The van der Waals surface area contributed by atoms with Crippen LogP contribution in [0, 0.1) is 0 Å². The molecule has 1 fully saturated rings. The quantitative estimate of drug-likeness (QED) is 0.696. The van der Waals surface area contributed by atoms with Crippen molar-refractivity contribution in [1.29, 1.82) is 0 Å². The van der Waals surface area contributed by atoms with Crippen molar-refractivity contribution in [2.24, 2.45) is 0 Å². The first-order valence-electron chi connectivity index (χ1n) is 4.09. The van der Waals surface area contributed by atoms with E-state index in [1.807, 2.05) is 0 Å². The Hall–Kier alpha value is 0.330. The highest BCUT2D eigenvalue weighted by Gasteiger charge is 2.32. The van der Waals surface area contributed by atoms with Crippen molar-refractivity contribution in [3.8, 4) is 0 Å². The van der Waals surface area contributed by atoms with Crippen molar-refractivity contribution in [1.82, 2.24) is 0 Å². The van der Waals surface area contributed by atoms with Gasteiger partial charge in [-0.25, -0.2) is 4.57 Å². The van der Waals surface area contributed by atoms with Gasteiger partial charge in [-0.3, -0.25) is 4.52 Å². The Balaban J connectivity index is 2.40. The van der Waals surface area contributed by atoms with Crippen LogP contribution in [0.1, 0.15) is 32.1 Å². The summed E-state index contributed by atoms with van der Waals surface area (Å²) in [4.78, 5) is 0. The van der Waals surface area contributed by atoms with Crippen LogP contribution in [0.5, 0.6) is 0 Å². The monoisotopic (exact) mass is 232 g/mol. The van der Waals surface area contributed by atoms with E-state index in [2.05, 4.69) is 8.80 Å². The van der Waals surface area contributed by atoms with Gasteiger partial charge in [-0.15, -0.1) is 0 Å². The minimum Gasteiger partial charge on any atom is -0.281 e. The molecule has 0 radical (unpaired) electrons. The van der Waals surface area contributed by atoms with E-state index < -0.39 is 7.82 Å². The molecule has 0 amide bonds. The molecule has 78 valence electrons. The maximum absolute atomic E-state index is 11.7. The molecule has 13 heavy (non-hydrogen) atoms. The van der Waals surface area contributed by atoms with Gasteiger partial charge in [0, 0.05) is 0 Å². The lowest BCUT2D eigenvalue weighted by Gasteiger charge is -2.22. The molecule has 1 unspecified atom stereocenters. The van der Waals surface area contributed by atoms with Crippen LogP contribution in [0.4, 0.5) is 4.53 Å². The fourth-order valence-corrected chi connectivity index (χ4v) is 2.22. The molecule has 1 atom stereocenters. The van der Waals surface area contributed by atoms with E-state index in [-0.39, 0.29) is 6.10 Å². The second-order valence-electron chi connectivity index (χ2n) is 2.95. The lowest BCUT2D eigenvalue weighted by atomic mass is 9.98. The molecule has 0 heterocycles. The average Bonchev–Trinajstić information content (AvgIpc) is 2.19. The van der Waals surface area contributed by atoms with Gasteiger partial charge in [0.2, 0.25) is 0 Å². The molecule has 0 aliphatic heterocycles. The zero-order valence-corrected chi connectivity index (χ0v) is 8.60. The molecule has 4 nitrogen and oxygen atoms in total. The summed E-state index contributed by atoms with van der Waals surface area (Å²) in [6.07, 6.45) is 4.23. The minimum atomic E-state index is -4.15. The van der Waals surface area contributed by atoms with Crippen molar-refractivity contribution >= 4 is 19.7 Å². The van der Waals surface area contributed by atoms with E-state index in [1.165, 1.54) is 0 Å². The highest BCUT2D eigenvalue weighted by molar-refractivity contribution is 7.49. The van der Waals surface area contributed by atoms with Crippen LogP contribution in [0.15, 0.2) is 0 Å². The van der Waals surface area contributed by atoms with E-state index in [0.29, 0.717) is 0 Å². The summed E-state index contributed by atoms with van der Waals surface area (Å²) in [7, 11) is -4.15. The molecule has 0 N–H and O–H groups in total. The van der Waals surface area contributed by atoms with Crippen molar-refractivity contribution in [3.05, 3.63) is 0 Å². The zero-order chi connectivity index (χ0) is 9.73. The maximum Gasteiger partial charge on any atom is 0.522 e. The van der Waals surface area contributed by atoms with E-state index in [4.69, 9.17) is 16.4 Å². The molecule has 0 aromatic carbocycles. The van der Waals surface area contributed by atoms with Gasteiger partial charge in [0.15, 0.2) is 0 Å². The molecule has 1 rings (SSSR count). The zero-order valence-electron chi connectivity index (χ0n) is 6.95. The molecular formula is C6H11ClFO4P. The van der Waals surface area contributed by atoms with E-state index in [1.54, 1.807) is 0 Å². The van der Waals surface area contributed by atoms with Crippen molar-refractivity contribution in [3.63, 3.8) is 0 Å². The number of hydrogen-bond donors (Lipinski definition) is 0. The summed E-state index contributed by atoms with van der Waals surface area (Å²) < 4.78 is 34.4. The molecule has 0 aromatic heterocycles. The van der Waals surface area contributed by atoms with Crippen LogP contribution in [-0.4, -0.2) is 6.10 Å². The predicted molar refractivity (Wildman–Crippen MR) is 44.7 cm³/mol. The van der Waals surface area contributed by atoms with E-state index in [0.717, 1.165) is 32.1 Å². The molecular weight excluding hydrogens is 221 g/mol. The van der Waals surface area contributed by atoms with Crippen LogP contribution >= 0.6 is 19.7 Å². The smallest absolute Gasteiger partial charge is 0.281 e. The Morgan fingerprint density at radius 1 is 1.31 bits per heavy atom. The third-order valence-electron chi connectivity index (χ3n) is 2.00. The second-order valence-corrected chi connectivity index (χ2v) is 4.75.